The lowest BCUT2D eigenvalue weighted by Crippen LogP contribution is -2.75. The van der Waals surface area contributed by atoms with E-state index in [4.69, 9.17) is 0 Å². The number of hydrazine groups is 2. The number of amides is 2. The lowest BCUT2D eigenvalue weighted by Gasteiger charge is -2.64. The number of nitrogens with zero attached hydrogens (tertiary/aromatic N) is 4. The molecular formula is C22H23F4N7O. The minimum absolute atomic E-state index is 0.0673. The van der Waals surface area contributed by atoms with Crippen LogP contribution in [0, 0.1) is 11.7 Å². The number of hydrogen-bond donors (Lipinski definition) is 3. The van der Waals surface area contributed by atoms with Gasteiger partial charge in [-0.3, -0.25) is 5.01 Å². The molecule has 1 aliphatic carbocycles. The number of aromatic nitrogens is 2. The van der Waals surface area contributed by atoms with E-state index in [1.165, 1.54) is 12.1 Å². The van der Waals surface area contributed by atoms with Gasteiger partial charge in [-0.2, -0.15) is 13.2 Å². The summed E-state index contributed by atoms with van der Waals surface area (Å²) in [4.78, 5) is 22.5. The molecule has 1 aromatic heterocycles. The third-order valence-electron chi connectivity index (χ3n) is 6.56. The molecule has 2 saturated heterocycles. The van der Waals surface area contributed by atoms with Crippen LogP contribution in [0.25, 0.3) is 11.4 Å². The van der Waals surface area contributed by atoms with Crippen molar-refractivity contribution < 1.29 is 22.4 Å². The molecule has 2 amide bonds. The number of carbonyl (C=O) groups is 1. The minimum Gasteiger partial charge on any atom is -0.314 e. The van der Waals surface area contributed by atoms with Gasteiger partial charge in [0.25, 0.3) is 0 Å². The summed E-state index contributed by atoms with van der Waals surface area (Å²) < 4.78 is 54.0. The van der Waals surface area contributed by atoms with Gasteiger partial charge in [-0.1, -0.05) is 6.92 Å². The van der Waals surface area contributed by atoms with Gasteiger partial charge in [-0.25, -0.2) is 19.2 Å². The summed E-state index contributed by atoms with van der Waals surface area (Å²) in [7, 11) is 0. The minimum atomic E-state index is -4.67. The molecule has 3 N–H and O–H groups in total. The Hall–Kier alpha value is -3.41. The van der Waals surface area contributed by atoms with Crippen LogP contribution in [0.15, 0.2) is 43.0 Å². The number of anilines is 1. The van der Waals surface area contributed by atoms with E-state index in [1.807, 2.05) is 16.1 Å². The SMILES string of the molecule is C[C@H]1C[C@H]2C[C@@](CN3C=CNN3)(C1)N2C(=O)Nc1ccc(C(F)(F)F)c(-c2ncc(F)cn2)c1. The van der Waals surface area contributed by atoms with Crippen LogP contribution in [-0.4, -0.2) is 44.0 Å². The first-order chi connectivity index (χ1) is 16.1. The zero-order valence-corrected chi connectivity index (χ0v) is 18.2. The number of halogens is 4. The molecule has 3 fully saturated rings. The first-order valence-electron chi connectivity index (χ1n) is 10.9. The van der Waals surface area contributed by atoms with Crippen molar-refractivity contribution in [3.8, 4) is 11.4 Å². The number of rotatable bonds is 4. The van der Waals surface area contributed by atoms with E-state index >= 15 is 0 Å². The van der Waals surface area contributed by atoms with Crippen LogP contribution in [0.2, 0.25) is 0 Å². The highest BCUT2D eigenvalue weighted by Gasteiger charge is 2.58. The molecule has 3 aliphatic heterocycles. The second-order valence-electron chi connectivity index (χ2n) is 9.11. The molecule has 0 spiro atoms. The Morgan fingerprint density at radius 2 is 2.03 bits per heavy atom. The van der Waals surface area contributed by atoms with E-state index in [9.17, 15) is 22.4 Å². The predicted octanol–water partition coefficient (Wildman–Crippen LogP) is 3.87. The summed E-state index contributed by atoms with van der Waals surface area (Å²) in [6.45, 7) is 2.74. The zero-order chi connectivity index (χ0) is 24.1. The van der Waals surface area contributed by atoms with Crippen molar-refractivity contribution in [3.63, 3.8) is 0 Å². The van der Waals surface area contributed by atoms with Gasteiger partial charge in [-0.15, -0.1) is 5.53 Å². The molecule has 4 aliphatic rings. The largest absolute Gasteiger partial charge is 0.417 e. The van der Waals surface area contributed by atoms with E-state index in [1.54, 1.807) is 6.20 Å². The lowest BCUT2D eigenvalue weighted by atomic mass is 9.64. The van der Waals surface area contributed by atoms with E-state index in [2.05, 4.69) is 33.2 Å². The molecule has 1 aromatic carbocycles. The van der Waals surface area contributed by atoms with Crippen molar-refractivity contribution in [2.75, 3.05) is 11.9 Å². The second kappa shape index (κ2) is 8.12. The van der Waals surface area contributed by atoms with Crippen LogP contribution < -0.4 is 16.3 Å². The molecule has 1 saturated carbocycles. The number of nitrogens with one attached hydrogen (secondary N) is 3. The fourth-order valence-corrected chi connectivity index (χ4v) is 5.44. The van der Waals surface area contributed by atoms with Gasteiger partial charge in [0.2, 0.25) is 0 Å². The van der Waals surface area contributed by atoms with Crippen molar-refractivity contribution in [1.82, 2.24) is 30.8 Å². The van der Waals surface area contributed by atoms with E-state index in [0.717, 1.165) is 37.7 Å². The fourth-order valence-electron chi connectivity index (χ4n) is 5.44. The number of fused-ring (bicyclic) bond motifs is 2. The van der Waals surface area contributed by atoms with Crippen LogP contribution in [0.5, 0.6) is 0 Å². The maximum atomic E-state index is 13.6. The molecule has 0 unspecified atom stereocenters. The molecule has 180 valence electrons. The second-order valence-corrected chi connectivity index (χ2v) is 9.11. The molecule has 0 radical (unpaired) electrons. The van der Waals surface area contributed by atoms with Gasteiger partial charge < -0.3 is 15.6 Å². The van der Waals surface area contributed by atoms with Crippen LogP contribution in [0.1, 0.15) is 31.7 Å². The standard InChI is InChI=1S/C22H23F4N7O/c1-13-6-16-9-21(8-13,12-32-5-4-29-31-32)33(16)20(34)30-15-2-3-18(22(24,25)26)17(7-15)19-27-10-14(23)11-28-19/h2-5,7,10-11,13,16,29,31H,6,8-9,12H2,1H3,(H,30,34)/t13-,16-,21+/m0/s1. The van der Waals surface area contributed by atoms with Crippen LogP contribution >= 0.6 is 0 Å². The molecule has 12 heteroatoms. The monoisotopic (exact) mass is 477 g/mol. The van der Waals surface area contributed by atoms with E-state index in [0.29, 0.717) is 12.5 Å². The molecule has 34 heavy (non-hydrogen) atoms. The molecule has 4 heterocycles. The zero-order valence-electron chi connectivity index (χ0n) is 18.2. The van der Waals surface area contributed by atoms with Gasteiger partial charge in [-0.05, 0) is 43.4 Å². The van der Waals surface area contributed by atoms with Crippen LogP contribution in [0.4, 0.5) is 28.0 Å². The van der Waals surface area contributed by atoms with Crippen molar-refractivity contribution in [3.05, 3.63) is 54.4 Å². The molecular weight excluding hydrogens is 454 g/mol. The number of hydrogen-bond acceptors (Lipinski definition) is 6. The lowest BCUT2D eigenvalue weighted by molar-refractivity contribution is -0.137. The maximum Gasteiger partial charge on any atom is 0.417 e. The van der Waals surface area contributed by atoms with E-state index in [-0.39, 0.29) is 34.7 Å². The summed E-state index contributed by atoms with van der Waals surface area (Å²) in [5, 5.41) is 4.63. The highest BCUT2D eigenvalue weighted by Crippen LogP contribution is 2.50. The first kappa shape index (κ1) is 22.4. The number of benzene rings is 1. The summed E-state index contributed by atoms with van der Waals surface area (Å²) in [6, 6.07) is 2.94. The molecule has 6 rings (SSSR count). The van der Waals surface area contributed by atoms with Crippen LogP contribution in [0.3, 0.4) is 0 Å². The Balaban J connectivity index is 1.41. The maximum absolute atomic E-state index is 13.6. The highest BCUT2D eigenvalue weighted by molar-refractivity contribution is 5.92. The van der Waals surface area contributed by atoms with Gasteiger partial charge in [0.1, 0.15) is 0 Å². The van der Waals surface area contributed by atoms with Crippen molar-refractivity contribution in [2.45, 2.75) is 43.9 Å². The average Bonchev–Trinajstić information content (AvgIpc) is 3.25. The van der Waals surface area contributed by atoms with Gasteiger partial charge in [0, 0.05) is 29.7 Å². The third kappa shape index (κ3) is 4.02. The normalized spacial score (nSPS) is 25.7. The fraction of sp³-hybridized carbons (Fsp3) is 0.409. The number of urea groups is 1. The summed E-state index contributed by atoms with van der Waals surface area (Å²) in [5.41, 5.74) is 4.36. The molecule has 2 aromatic rings. The summed E-state index contributed by atoms with van der Waals surface area (Å²) in [5.74, 6) is -0.589. The van der Waals surface area contributed by atoms with Gasteiger partial charge in [0.05, 0.1) is 30.0 Å². The van der Waals surface area contributed by atoms with Crippen molar-refractivity contribution in [1.29, 1.82) is 0 Å². The highest BCUT2D eigenvalue weighted by atomic mass is 19.4. The Bertz CT molecular complexity index is 1120. The van der Waals surface area contributed by atoms with Crippen molar-refractivity contribution in [2.24, 2.45) is 5.92 Å². The number of piperidine rings is 1. The predicted molar refractivity (Wildman–Crippen MR) is 115 cm³/mol. The Morgan fingerprint density at radius 1 is 1.26 bits per heavy atom. The Morgan fingerprint density at radius 3 is 2.71 bits per heavy atom. The number of carbonyl (C=O) groups excluding carboxylic acids is 1. The van der Waals surface area contributed by atoms with Gasteiger partial charge in [0.15, 0.2) is 11.6 Å². The van der Waals surface area contributed by atoms with Gasteiger partial charge >= 0.3 is 12.2 Å². The molecule has 8 nitrogen and oxygen atoms in total. The molecule has 3 atom stereocenters. The van der Waals surface area contributed by atoms with Crippen molar-refractivity contribution >= 4 is 11.7 Å². The molecule has 2 bridgehead atoms. The smallest absolute Gasteiger partial charge is 0.314 e. The Labute approximate surface area is 193 Å². The average molecular weight is 477 g/mol. The van der Waals surface area contributed by atoms with Crippen LogP contribution in [-0.2, 0) is 6.18 Å². The van der Waals surface area contributed by atoms with E-state index < -0.39 is 17.6 Å². The summed E-state index contributed by atoms with van der Waals surface area (Å²) >= 11 is 0. The third-order valence-corrected chi connectivity index (χ3v) is 6.56. The first-order valence-corrected chi connectivity index (χ1v) is 10.9. The Kier molecular flexibility index (Phi) is 5.34. The topological polar surface area (TPSA) is 85.4 Å². The number of alkyl halides is 3. The quantitative estimate of drug-likeness (QED) is 0.580. The summed E-state index contributed by atoms with van der Waals surface area (Å²) in [6.07, 6.45) is 3.09.